The molecule has 2 aromatic heterocycles. The number of amides is 1. The van der Waals surface area contributed by atoms with Crippen LogP contribution in [0, 0.1) is 6.92 Å². The van der Waals surface area contributed by atoms with E-state index in [4.69, 9.17) is 9.26 Å². The van der Waals surface area contributed by atoms with Gasteiger partial charge >= 0.3 is 6.61 Å². The Bertz CT molecular complexity index is 1030. The number of thioether (sulfide) groups is 1. The molecule has 0 aliphatic carbocycles. The first kappa shape index (κ1) is 22.5. The number of rotatable bonds is 10. The molecule has 0 aliphatic rings. The molecule has 7 nitrogen and oxygen atoms in total. The highest BCUT2D eigenvalue weighted by molar-refractivity contribution is 7.98. The lowest BCUT2D eigenvalue weighted by atomic mass is 10.1. The van der Waals surface area contributed by atoms with Crippen molar-refractivity contribution < 1.29 is 27.6 Å². The third kappa shape index (κ3) is 6.42. The van der Waals surface area contributed by atoms with E-state index in [0.717, 1.165) is 17.0 Å². The number of carbonyl (C=O) groups is 1. The zero-order valence-corrected chi connectivity index (χ0v) is 17.7. The molecule has 0 bridgehead atoms. The average molecular weight is 449 g/mol. The summed E-state index contributed by atoms with van der Waals surface area (Å²) >= 11 is 1.40. The van der Waals surface area contributed by atoms with Gasteiger partial charge in [0.05, 0.1) is 18.4 Å². The summed E-state index contributed by atoms with van der Waals surface area (Å²) in [5, 5.41) is 7.39. The fraction of sp³-hybridized carbons (Fsp3) is 0.286. The molecule has 0 spiro atoms. The third-order valence-corrected chi connectivity index (χ3v) is 5.23. The van der Waals surface area contributed by atoms with Crippen LogP contribution in [0.5, 0.6) is 11.5 Å². The first-order chi connectivity index (χ1) is 15.0. The summed E-state index contributed by atoms with van der Waals surface area (Å²) in [7, 11) is 1.38. The Morgan fingerprint density at radius 3 is 2.81 bits per heavy atom. The minimum absolute atomic E-state index is 0.0374. The second-order valence-corrected chi connectivity index (χ2v) is 7.41. The number of aryl methyl sites for hydroxylation is 1. The number of methoxy groups -OCH3 is 1. The Morgan fingerprint density at radius 1 is 1.26 bits per heavy atom. The number of carbonyl (C=O) groups excluding carboxylic acids is 1. The van der Waals surface area contributed by atoms with E-state index in [0.29, 0.717) is 29.3 Å². The van der Waals surface area contributed by atoms with E-state index >= 15 is 0 Å². The minimum Gasteiger partial charge on any atom is -0.493 e. The summed E-state index contributed by atoms with van der Waals surface area (Å²) in [5.74, 6) is 1.17. The SMILES string of the molecule is COc1cc(CCNC(=O)c2cccnc2SCc2cc(C)on2)ccc1OC(F)F. The Kier molecular flexibility index (Phi) is 7.82. The van der Waals surface area contributed by atoms with Gasteiger partial charge in [0.2, 0.25) is 0 Å². The topological polar surface area (TPSA) is 86.5 Å². The molecule has 0 saturated carbocycles. The van der Waals surface area contributed by atoms with Crippen molar-refractivity contribution in [2.75, 3.05) is 13.7 Å². The van der Waals surface area contributed by atoms with E-state index in [1.807, 2.05) is 13.0 Å². The highest BCUT2D eigenvalue weighted by Gasteiger charge is 2.14. The second-order valence-electron chi connectivity index (χ2n) is 6.44. The fourth-order valence-electron chi connectivity index (χ4n) is 2.78. The summed E-state index contributed by atoms with van der Waals surface area (Å²) in [4.78, 5) is 16.9. The maximum absolute atomic E-state index is 12.6. The standard InChI is InChI=1S/C21H21F2N3O4S/c1-13-10-15(26-30-13)12-31-20-16(4-3-8-25-20)19(27)24-9-7-14-5-6-17(29-21(22)23)18(11-14)28-2/h3-6,8,10-11,21H,7,9,12H2,1-2H3,(H,24,27). The summed E-state index contributed by atoms with van der Waals surface area (Å²) in [6.45, 7) is -0.771. The van der Waals surface area contributed by atoms with Crippen LogP contribution in [0.2, 0.25) is 0 Å². The van der Waals surface area contributed by atoms with Crippen LogP contribution in [0.25, 0.3) is 0 Å². The number of nitrogens with one attached hydrogen (secondary N) is 1. The van der Waals surface area contributed by atoms with Gasteiger partial charge in [0.15, 0.2) is 11.5 Å². The molecule has 0 unspecified atom stereocenters. The van der Waals surface area contributed by atoms with Gasteiger partial charge in [-0.25, -0.2) is 4.98 Å². The summed E-state index contributed by atoms with van der Waals surface area (Å²) in [6, 6.07) is 9.92. The van der Waals surface area contributed by atoms with E-state index in [2.05, 4.69) is 20.2 Å². The van der Waals surface area contributed by atoms with Gasteiger partial charge in [-0.3, -0.25) is 4.79 Å². The maximum Gasteiger partial charge on any atom is 0.387 e. The molecular formula is C21H21F2N3O4S. The smallest absolute Gasteiger partial charge is 0.387 e. The Balaban J connectivity index is 1.57. The van der Waals surface area contributed by atoms with Crippen molar-refractivity contribution in [3.8, 4) is 11.5 Å². The average Bonchev–Trinajstić information content (AvgIpc) is 3.18. The summed E-state index contributed by atoms with van der Waals surface area (Å²) in [6.07, 6.45) is 2.11. The van der Waals surface area contributed by atoms with Crippen molar-refractivity contribution in [2.45, 2.75) is 30.7 Å². The van der Waals surface area contributed by atoms with Crippen molar-refractivity contribution in [3.63, 3.8) is 0 Å². The Hall–Kier alpha value is -3.14. The predicted molar refractivity (Wildman–Crippen MR) is 111 cm³/mol. The normalized spacial score (nSPS) is 10.9. The van der Waals surface area contributed by atoms with Crippen LogP contribution < -0.4 is 14.8 Å². The maximum atomic E-state index is 12.6. The molecule has 164 valence electrons. The zero-order chi connectivity index (χ0) is 22.2. The van der Waals surface area contributed by atoms with Crippen molar-refractivity contribution in [2.24, 2.45) is 0 Å². The third-order valence-electron chi connectivity index (χ3n) is 4.19. The molecule has 10 heteroatoms. The van der Waals surface area contributed by atoms with Gasteiger partial charge in [-0.1, -0.05) is 23.0 Å². The lowest BCUT2D eigenvalue weighted by molar-refractivity contribution is -0.0512. The molecule has 3 aromatic rings. The molecule has 0 aliphatic heterocycles. The van der Waals surface area contributed by atoms with Crippen LogP contribution in [-0.4, -0.2) is 36.3 Å². The van der Waals surface area contributed by atoms with E-state index in [1.54, 1.807) is 30.5 Å². The molecule has 0 radical (unpaired) electrons. The van der Waals surface area contributed by atoms with Gasteiger partial charge in [0.1, 0.15) is 10.8 Å². The molecule has 0 saturated heterocycles. The van der Waals surface area contributed by atoms with Crippen LogP contribution in [0.3, 0.4) is 0 Å². The highest BCUT2D eigenvalue weighted by Crippen LogP contribution is 2.29. The van der Waals surface area contributed by atoms with Crippen molar-refractivity contribution >= 4 is 17.7 Å². The number of pyridine rings is 1. The highest BCUT2D eigenvalue weighted by atomic mass is 32.2. The van der Waals surface area contributed by atoms with Crippen molar-refractivity contribution in [3.05, 3.63) is 65.2 Å². The number of aromatic nitrogens is 2. The van der Waals surface area contributed by atoms with Crippen molar-refractivity contribution in [1.29, 1.82) is 0 Å². The quantitative estimate of drug-likeness (QED) is 0.463. The summed E-state index contributed by atoms with van der Waals surface area (Å²) < 4.78 is 39.4. The monoisotopic (exact) mass is 449 g/mol. The molecule has 1 aromatic carbocycles. The lowest BCUT2D eigenvalue weighted by Gasteiger charge is -2.12. The Morgan fingerprint density at radius 2 is 2.10 bits per heavy atom. The van der Waals surface area contributed by atoms with Crippen LogP contribution in [-0.2, 0) is 12.2 Å². The molecule has 31 heavy (non-hydrogen) atoms. The molecule has 3 rings (SSSR count). The van der Waals surface area contributed by atoms with E-state index in [1.165, 1.54) is 24.9 Å². The number of alkyl halides is 2. The zero-order valence-electron chi connectivity index (χ0n) is 16.9. The van der Waals surface area contributed by atoms with Gasteiger partial charge in [-0.05, 0) is 43.2 Å². The number of hydrogen-bond acceptors (Lipinski definition) is 7. The number of ether oxygens (including phenoxy) is 2. The van der Waals surface area contributed by atoms with E-state index in [9.17, 15) is 13.6 Å². The van der Waals surface area contributed by atoms with Crippen LogP contribution in [0.15, 0.2) is 52.1 Å². The summed E-state index contributed by atoms with van der Waals surface area (Å²) in [5.41, 5.74) is 2.04. The Labute approximate surface area is 182 Å². The molecule has 1 N–H and O–H groups in total. The molecule has 2 heterocycles. The van der Waals surface area contributed by atoms with E-state index in [-0.39, 0.29) is 17.4 Å². The van der Waals surface area contributed by atoms with Gasteiger partial charge in [0.25, 0.3) is 5.91 Å². The van der Waals surface area contributed by atoms with Crippen LogP contribution in [0.1, 0.15) is 27.4 Å². The fourth-order valence-corrected chi connectivity index (χ4v) is 3.66. The molecule has 0 atom stereocenters. The van der Waals surface area contributed by atoms with Crippen LogP contribution >= 0.6 is 11.8 Å². The van der Waals surface area contributed by atoms with Gasteiger partial charge in [0, 0.05) is 24.6 Å². The largest absolute Gasteiger partial charge is 0.493 e. The van der Waals surface area contributed by atoms with E-state index < -0.39 is 6.61 Å². The second kappa shape index (κ2) is 10.8. The van der Waals surface area contributed by atoms with Crippen LogP contribution in [0.4, 0.5) is 8.78 Å². The van der Waals surface area contributed by atoms with Gasteiger partial charge in [-0.2, -0.15) is 8.78 Å². The molecular weight excluding hydrogens is 428 g/mol. The lowest BCUT2D eigenvalue weighted by Crippen LogP contribution is -2.26. The number of halogens is 2. The number of benzene rings is 1. The minimum atomic E-state index is -2.93. The predicted octanol–water partition coefficient (Wildman–Crippen LogP) is 4.25. The number of hydrogen-bond donors (Lipinski definition) is 1. The van der Waals surface area contributed by atoms with Gasteiger partial charge in [-0.15, -0.1) is 0 Å². The number of nitrogens with zero attached hydrogens (tertiary/aromatic N) is 2. The van der Waals surface area contributed by atoms with Gasteiger partial charge < -0.3 is 19.3 Å². The first-order valence-corrected chi connectivity index (χ1v) is 10.3. The van der Waals surface area contributed by atoms with Crippen molar-refractivity contribution in [1.82, 2.24) is 15.5 Å². The first-order valence-electron chi connectivity index (χ1n) is 9.36. The molecule has 1 amide bonds. The molecule has 0 fully saturated rings.